The van der Waals surface area contributed by atoms with Crippen molar-refractivity contribution < 1.29 is 8.42 Å². The molecule has 0 radical (unpaired) electrons. The lowest BCUT2D eigenvalue weighted by atomic mass is 10.2. The van der Waals surface area contributed by atoms with E-state index in [4.69, 9.17) is 0 Å². The minimum absolute atomic E-state index is 0.191. The average molecular weight is 195 g/mol. The van der Waals surface area contributed by atoms with Crippen LogP contribution in [0.25, 0.3) is 0 Å². The Hall–Kier alpha value is 0.260. The van der Waals surface area contributed by atoms with Gasteiger partial charge in [-0.3, -0.25) is 0 Å². The number of nitrogens with zero attached hydrogens (tertiary/aromatic N) is 1. The lowest BCUT2D eigenvalue weighted by Crippen LogP contribution is -2.37. The Morgan fingerprint density at radius 2 is 2.18 bits per heavy atom. The Bertz CT molecular complexity index is 225. The van der Waals surface area contributed by atoms with E-state index in [9.17, 15) is 8.42 Å². The van der Waals surface area contributed by atoms with E-state index >= 15 is 0 Å². The Kier molecular flexibility index (Phi) is 2.83. The SMILES string of the molecule is CSN1CCCC(C)S1(=O)=O. The summed E-state index contributed by atoms with van der Waals surface area (Å²) >= 11 is 1.30. The van der Waals surface area contributed by atoms with E-state index in [2.05, 4.69) is 0 Å². The smallest absolute Gasteiger partial charge is 0.211 e. The van der Waals surface area contributed by atoms with Gasteiger partial charge in [0.05, 0.1) is 5.25 Å². The highest BCUT2D eigenvalue weighted by molar-refractivity contribution is 8.08. The zero-order chi connectivity index (χ0) is 8.48. The second-order valence-electron chi connectivity index (χ2n) is 2.71. The summed E-state index contributed by atoms with van der Waals surface area (Å²) in [5.74, 6) is 0. The minimum atomic E-state index is -2.96. The number of sulfonamides is 1. The minimum Gasteiger partial charge on any atom is -0.211 e. The molecule has 0 saturated carbocycles. The van der Waals surface area contributed by atoms with Gasteiger partial charge >= 0.3 is 0 Å². The molecular formula is C6H13NO2S2. The maximum absolute atomic E-state index is 11.4. The zero-order valence-electron chi connectivity index (χ0n) is 6.78. The van der Waals surface area contributed by atoms with Crippen LogP contribution in [0.5, 0.6) is 0 Å². The highest BCUT2D eigenvalue weighted by atomic mass is 32.3. The molecule has 1 rings (SSSR count). The zero-order valence-corrected chi connectivity index (χ0v) is 8.41. The molecule has 0 spiro atoms. The fourth-order valence-corrected chi connectivity index (χ4v) is 4.01. The third-order valence-corrected chi connectivity index (χ3v) is 5.61. The second-order valence-corrected chi connectivity index (χ2v) is 6.02. The predicted molar refractivity (Wildman–Crippen MR) is 47.8 cm³/mol. The van der Waals surface area contributed by atoms with Crippen LogP contribution in [-0.4, -0.2) is 30.2 Å². The third-order valence-electron chi connectivity index (χ3n) is 1.95. The van der Waals surface area contributed by atoms with Crippen molar-refractivity contribution in [1.29, 1.82) is 0 Å². The van der Waals surface area contributed by atoms with E-state index in [-0.39, 0.29) is 5.25 Å². The lowest BCUT2D eigenvalue weighted by molar-refractivity contribution is 0.481. The Morgan fingerprint density at radius 3 is 2.64 bits per heavy atom. The van der Waals surface area contributed by atoms with Crippen LogP contribution in [0.2, 0.25) is 0 Å². The fourth-order valence-electron chi connectivity index (χ4n) is 1.18. The van der Waals surface area contributed by atoms with Crippen LogP contribution >= 0.6 is 11.9 Å². The van der Waals surface area contributed by atoms with Crippen LogP contribution in [0.4, 0.5) is 0 Å². The van der Waals surface area contributed by atoms with E-state index < -0.39 is 10.0 Å². The molecular weight excluding hydrogens is 182 g/mol. The predicted octanol–water partition coefficient (Wildman–Crippen LogP) is 1.08. The molecule has 11 heavy (non-hydrogen) atoms. The molecule has 1 atom stereocenters. The molecule has 1 aliphatic rings. The molecule has 0 amide bonds. The molecule has 5 heteroatoms. The molecule has 0 N–H and O–H groups in total. The van der Waals surface area contributed by atoms with Gasteiger partial charge in [0.2, 0.25) is 10.0 Å². The average Bonchev–Trinajstić information content (AvgIpc) is 1.95. The Morgan fingerprint density at radius 1 is 1.55 bits per heavy atom. The van der Waals surface area contributed by atoms with Crippen LogP contribution in [0.3, 0.4) is 0 Å². The summed E-state index contributed by atoms with van der Waals surface area (Å²) in [5.41, 5.74) is 0. The first-order valence-corrected chi connectivity index (χ1v) is 6.33. The lowest BCUT2D eigenvalue weighted by Gasteiger charge is -2.28. The number of hydrogen-bond acceptors (Lipinski definition) is 3. The molecule has 1 unspecified atom stereocenters. The standard InChI is InChI=1S/C6H13NO2S2/c1-6-4-3-5-7(10-2)11(6,8)9/h6H,3-5H2,1-2H3. The quantitative estimate of drug-likeness (QED) is 0.588. The molecule has 0 aromatic carbocycles. The molecule has 0 aromatic rings. The Labute approximate surface area is 72.3 Å². The summed E-state index contributed by atoms with van der Waals surface area (Å²) in [4.78, 5) is 0. The van der Waals surface area contributed by atoms with Crippen molar-refractivity contribution in [1.82, 2.24) is 3.71 Å². The summed E-state index contributed by atoms with van der Waals surface area (Å²) < 4.78 is 24.4. The van der Waals surface area contributed by atoms with E-state index in [1.54, 1.807) is 13.2 Å². The maximum atomic E-state index is 11.4. The van der Waals surface area contributed by atoms with Gasteiger partial charge in [-0.15, -0.1) is 3.71 Å². The van der Waals surface area contributed by atoms with E-state index in [0.29, 0.717) is 6.54 Å². The molecule has 1 aliphatic heterocycles. The van der Waals surface area contributed by atoms with Crippen LogP contribution in [0.15, 0.2) is 0 Å². The van der Waals surface area contributed by atoms with Crippen molar-refractivity contribution in [3.63, 3.8) is 0 Å². The van der Waals surface area contributed by atoms with E-state index in [1.165, 1.54) is 15.7 Å². The Balaban J connectivity index is 2.82. The number of rotatable bonds is 1. The highest BCUT2D eigenvalue weighted by Crippen LogP contribution is 2.25. The number of hydrogen-bond donors (Lipinski definition) is 0. The van der Waals surface area contributed by atoms with Crippen molar-refractivity contribution >= 4 is 22.0 Å². The summed E-state index contributed by atoms with van der Waals surface area (Å²) in [6.45, 7) is 2.45. The van der Waals surface area contributed by atoms with Crippen LogP contribution in [-0.2, 0) is 10.0 Å². The summed E-state index contributed by atoms with van der Waals surface area (Å²) in [5, 5.41) is -0.191. The largest absolute Gasteiger partial charge is 0.225 e. The summed E-state index contributed by atoms with van der Waals surface area (Å²) in [7, 11) is -2.96. The molecule has 0 aliphatic carbocycles. The highest BCUT2D eigenvalue weighted by Gasteiger charge is 2.31. The summed E-state index contributed by atoms with van der Waals surface area (Å²) in [6.07, 6.45) is 3.59. The van der Waals surface area contributed by atoms with Crippen molar-refractivity contribution in [3.05, 3.63) is 0 Å². The molecule has 0 aromatic heterocycles. The molecule has 1 fully saturated rings. The van der Waals surface area contributed by atoms with Gasteiger partial charge in [0, 0.05) is 6.54 Å². The van der Waals surface area contributed by atoms with Crippen LogP contribution < -0.4 is 0 Å². The van der Waals surface area contributed by atoms with Gasteiger partial charge in [-0.1, -0.05) is 11.9 Å². The molecule has 1 saturated heterocycles. The van der Waals surface area contributed by atoms with E-state index in [1.807, 2.05) is 0 Å². The second kappa shape index (κ2) is 3.33. The first-order chi connectivity index (χ1) is 5.09. The van der Waals surface area contributed by atoms with Crippen molar-refractivity contribution in [3.8, 4) is 0 Å². The van der Waals surface area contributed by atoms with Gasteiger partial charge in [-0.05, 0) is 26.0 Å². The van der Waals surface area contributed by atoms with Crippen LogP contribution in [0.1, 0.15) is 19.8 Å². The molecule has 0 bridgehead atoms. The molecule has 1 heterocycles. The van der Waals surface area contributed by atoms with Gasteiger partial charge < -0.3 is 0 Å². The topological polar surface area (TPSA) is 37.4 Å². The first kappa shape index (κ1) is 9.35. The monoisotopic (exact) mass is 195 g/mol. The fraction of sp³-hybridized carbons (Fsp3) is 1.00. The normalized spacial score (nSPS) is 32.0. The van der Waals surface area contributed by atoms with Gasteiger partial charge in [0.15, 0.2) is 0 Å². The first-order valence-electron chi connectivity index (χ1n) is 3.64. The van der Waals surface area contributed by atoms with Gasteiger partial charge in [0.1, 0.15) is 0 Å². The van der Waals surface area contributed by atoms with Crippen LogP contribution in [0, 0.1) is 0 Å². The molecule has 66 valence electrons. The van der Waals surface area contributed by atoms with Crippen molar-refractivity contribution in [2.24, 2.45) is 0 Å². The van der Waals surface area contributed by atoms with Crippen molar-refractivity contribution in [2.75, 3.05) is 12.8 Å². The summed E-state index contributed by atoms with van der Waals surface area (Å²) in [6, 6.07) is 0. The third kappa shape index (κ3) is 1.71. The van der Waals surface area contributed by atoms with Gasteiger partial charge in [0.25, 0.3) is 0 Å². The maximum Gasteiger partial charge on any atom is 0.225 e. The van der Waals surface area contributed by atoms with Gasteiger partial charge in [-0.25, -0.2) is 8.42 Å². The molecule has 3 nitrogen and oxygen atoms in total. The van der Waals surface area contributed by atoms with Gasteiger partial charge in [-0.2, -0.15) is 0 Å². The van der Waals surface area contributed by atoms with E-state index in [0.717, 1.165) is 12.8 Å². The van der Waals surface area contributed by atoms with Crippen molar-refractivity contribution in [2.45, 2.75) is 25.0 Å².